The normalized spacial score (nSPS) is 10.9. The first-order valence-electron chi connectivity index (χ1n) is 7.74. The van der Waals surface area contributed by atoms with Crippen molar-refractivity contribution in [3.63, 3.8) is 0 Å². The van der Waals surface area contributed by atoms with Gasteiger partial charge in [-0.1, -0.05) is 13.8 Å². The monoisotopic (exact) mass is 339 g/mol. The molecule has 7 nitrogen and oxygen atoms in total. The largest absolute Gasteiger partial charge is 0.465 e. The third kappa shape index (κ3) is 3.50. The Morgan fingerprint density at radius 2 is 2.00 bits per heavy atom. The molecule has 7 heteroatoms. The molecule has 3 aromatic rings. The van der Waals surface area contributed by atoms with E-state index in [1.165, 1.54) is 25.4 Å². The molecule has 1 aromatic carbocycles. The van der Waals surface area contributed by atoms with Crippen LogP contribution >= 0.6 is 0 Å². The summed E-state index contributed by atoms with van der Waals surface area (Å²) in [5.41, 5.74) is 2.40. The topological polar surface area (TPSA) is 94.3 Å². The Balaban J connectivity index is 1.78. The Bertz CT molecular complexity index is 929. The van der Waals surface area contributed by atoms with E-state index < -0.39 is 5.97 Å². The maximum atomic E-state index is 12.3. The van der Waals surface area contributed by atoms with E-state index >= 15 is 0 Å². The van der Waals surface area contributed by atoms with Gasteiger partial charge < -0.3 is 14.5 Å². The summed E-state index contributed by atoms with van der Waals surface area (Å²) in [6, 6.07) is 8.19. The molecule has 3 rings (SSSR count). The first kappa shape index (κ1) is 16.6. The number of rotatable bonds is 4. The van der Waals surface area contributed by atoms with Gasteiger partial charge in [-0.3, -0.25) is 9.78 Å². The van der Waals surface area contributed by atoms with Gasteiger partial charge in [-0.2, -0.15) is 0 Å². The van der Waals surface area contributed by atoms with Gasteiger partial charge in [0.05, 0.1) is 12.7 Å². The molecule has 0 spiro atoms. The molecular weight excluding hydrogens is 322 g/mol. The van der Waals surface area contributed by atoms with Crippen molar-refractivity contribution in [2.45, 2.75) is 19.8 Å². The number of esters is 1. The second-order valence-corrected chi connectivity index (χ2v) is 5.77. The molecule has 0 atom stereocenters. The fourth-order valence-corrected chi connectivity index (χ4v) is 2.23. The summed E-state index contributed by atoms with van der Waals surface area (Å²) < 4.78 is 10.2. The minimum absolute atomic E-state index is 0.183. The molecule has 2 heterocycles. The zero-order valence-corrected chi connectivity index (χ0v) is 14.1. The SMILES string of the molecule is COC(=O)c1ccc(C(=O)Nc2ccc3oc(C(C)C)nc3c2)nc1. The van der Waals surface area contributed by atoms with Gasteiger partial charge in [0.15, 0.2) is 11.5 Å². The number of nitrogens with zero attached hydrogens (tertiary/aromatic N) is 2. The molecule has 25 heavy (non-hydrogen) atoms. The molecule has 0 aliphatic rings. The summed E-state index contributed by atoms with van der Waals surface area (Å²) in [4.78, 5) is 32.1. The molecule has 0 aliphatic carbocycles. The molecule has 1 N–H and O–H groups in total. The van der Waals surface area contributed by atoms with Gasteiger partial charge in [0.25, 0.3) is 5.91 Å². The average Bonchev–Trinajstić information content (AvgIpc) is 3.05. The van der Waals surface area contributed by atoms with Crippen molar-refractivity contribution < 1.29 is 18.7 Å². The van der Waals surface area contributed by atoms with E-state index in [2.05, 4.69) is 20.0 Å². The highest BCUT2D eigenvalue weighted by Crippen LogP contribution is 2.24. The predicted octanol–water partition coefficient (Wildman–Crippen LogP) is 3.39. The van der Waals surface area contributed by atoms with Crippen molar-refractivity contribution >= 4 is 28.7 Å². The third-order valence-corrected chi connectivity index (χ3v) is 3.57. The number of ether oxygens (including phenoxy) is 1. The Morgan fingerprint density at radius 3 is 2.64 bits per heavy atom. The highest BCUT2D eigenvalue weighted by Gasteiger charge is 2.13. The molecule has 0 saturated heterocycles. The van der Waals surface area contributed by atoms with Crippen molar-refractivity contribution in [1.82, 2.24) is 9.97 Å². The summed E-state index contributed by atoms with van der Waals surface area (Å²) in [5.74, 6) is -0.0539. The molecule has 128 valence electrons. The van der Waals surface area contributed by atoms with Gasteiger partial charge in [-0.05, 0) is 30.3 Å². The molecule has 2 aromatic heterocycles. The predicted molar refractivity (Wildman–Crippen MR) is 91.6 cm³/mol. The number of anilines is 1. The van der Waals surface area contributed by atoms with Crippen LogP contribution in [0.5, 0.6) is 0 Å². The van der Waals surface area contributed by atoms with Crippen molar-refractivity contribution in [3.8, 4) is 0 Å². The summed E-state index contributed by atoms with van der Waals surface area (Å²) in [5, 5.41) is 2.75. The van der Waals surface area contributed by atoms with Crippen LogP contribution in [0.2, 0.25) is 0 Å². The van der Waals surface area contributed by atoms with Gasteiger partial charge >= 0.3 is 5.97 Å². The van der Waals surface area contributed by atoms with Crippen LogP contribution in [0.15, 0.2) is 40.9 Å². The number of hydrogen-bond acceptors (Lipinski definition) is 6. The maximum Gasteiger partial charge on any atom is 0.339 e. The van der Waals surface area contributed by atoms with Crippen LogP contribution in [0.4, 0.5) is 5.69 Å². The highest BCUT2D eigenvalue weighted by molar-refractivity contribution is 6.04. The van der Waals surface area contributed by atoms with Crippen LogP contribution < -0.4 is 5.32 Å². The number of aromatic nitrogens is 2. The van der Waals surface area contributed by atoms with Gasteiger partial charge in [-0.15, -0.1) is 0 Å². The van der Waals surface area contributed by atoms with Crippen molar-refractivity contribution in [3.05, 3.63) is 53.7 Å². The lowest BCUT2D eigenvalue weighted by Crippen LogP contribution is -2.14. The number of carbonyl (C=O) groups is 2. The molecule has 0 bridgehead atoms. The van der Waals surface area contributed by atoms with Crippen LogP contribution in [0.1, 0.15) is 46.5 Å². The molecule has 0 saturated carbocycles. The third-order valence-electron chi connectivity index (χ3n) is 3.57. The first-order valence-corrected chi connectivity index (χ1v) is 7.74. The smallest absolute Gasteiger partial charge is 0.339 e. The number of hydrogen-bond donors (Lipinski definition) is 1. The quantitative estimate of drug-likeness (QED) is 0.732. The van der Waals surface area contributed by atoms with Crippen molar-refractivity contribution in [2.24, 2.45) is 0 Å². The Labute approximate surface area is 144 Å². The number of amides is 1. The fraction of sp³-hybridized carbons (Fsp3) is 0.222. The van der Waals surface area contributed by atoms with E-state index in [1.807, 2.05) is 13.8 Å². The van der Waals surface area contributed by atoms with E-state index in [0.29, 0.717) is 22.7 Å². The van der Waals surface area contributed by atoms with Gasteiger partial charge in [-0.25, -0.2) is 9.78 Å². The standard InChI is InChI=1S/C18H17N3O4/c1-10(2)17-21-14-8-12(5-7-15(14)25-17)20-16(22)13-6-4-11(9-19-13)18(23)24-3/h4-10H,1-3H3,(H,20,22). The molecular formula is C18H17N3O4. The summed E-state index contributed by atoms with van der Waals surface area (Å²) in [6.45, 7) is 3.99. The molecule has 0 fully saturated rings. The van der Waals surface area contributed by atoms with Crippen LogP contribution in [-0.2, 0) is 4.74 Å². The zero-order valence-electron chi connectivity index (χ0n) is 14.1. The first-order chi connectivity index (χ1) is 12.0. The maximum absolute atomic E-state index is 12.3. The Hall–Kier alpha value is -3.22. The van der Waals surface area contributed by atoms with E-state index in [-0.39, 0.29) is 23.1 Å². The number of nitrogens with one attached hydrogen (secondary N) is 1. The Kier molecular flexibility index (Phi) is 4.47. The number of carbonyl (C=O) groups excluding carboxylic acids is 2. The number of pyridine rings is 1. The second-order valence-electron chi connectivity index (χ2n) is 5.77. The average molecular weight is 339 g/mol. The minimum Gasteiger partial charge on any atom is -0.465 e. The van der Waals surface area contributed by atoms with Gasteiger partial charge in [0, 0.05) is 17.8 Å². The zero-order chi connectivity index (χ0) is 18.0. The van der Waals surface area contributed by atoms with E-state index in [1.54, 1.807) is 18.2 Å². The summed E-state index contributed by atoms with van der Waals surface area (Å²) in [6.07, 6.45) is 1.30. The van der Waals surface area contributed by atoms with E-state index in [4.69, 9.17) is 4.42 Å². The second kappa shape index (κ2) is 6.72. The van der Waals surface area contributed by atoms with Crippen LogP contribution in [0, 0.1) is 0 Å². The highest BCUT2D eigenvalue weighted by atomic mass is 16.5. The van der Waals surface area contributed by atoms with Gasteiger partial charge in [0.2, 0.25) is 0 Å². The van der Waals surface area contributed by atoms with Crippen molar-refractivity contribution in [2.75, 3.05) is 12.4 Å². The van der Waals surface area contributed by atoms with Crippen LogP contribution in [-0.4, -0.2) is 29.0 Å². The fourth-order valence-electron chi connectivity index (χ4n) is 2.23. The van der Waals surface area contributed by atoms with Gasteiger partial charge in [0.1, 0.15) is 11.2 Å². The lowest BCUT2D eigenvalue weighted by molar-refractivity contribution is 0.0600. The lowest BCUT2D eigenvalue weighted by Gasteiger charge is -2.05. The van der Waals surface area contributed by atoms with E-state index in [9.17, 15) is 9.59 Å². The number of oxazole rings is 1. The summed E-state index contributed by atoms with van der Waals surface area (Å²) in [7, 11) is 1.29. The van der Waals surface area contributed by atoms with Crippen molar-refractivity contribution in [1.29, 1.82) is 0 Å². The number of benzene rings is 1. The van der Waals surface area contributed by atoms with E-state index in [0.717, 1.165) is 0 Å². The van der Waals surface area contributed by atoms with Crippen LogP contribution in [0.3, 0.4) is 0 Å². The lowest BCUT2D eigenvalue weighted by atomic mass is 10.2. The molecule has 0 unspecified atom stereocenters. The van der Waals surface area contributed by atoms with Crippen LogP contribution in [0.25, 0.3) is 11.1 Å². The molecule has 1 amide bonds. The number of fused-ring (bicyclic) bond motifs is 1. The Morgan fingerprint density at radius 1 is 1.20 bits per heavy atom. The minimum atomic E-state index is -0.503. The summed E-state index contributed by atoms with van der Waals surface area (Å²) >= 11 is 0. The number of methoxy groups -OCH3 is 1. The molecule has 0 aliphatic heterocycles. The molecule has 0 radical (unpaired) electrons.